The fourth-order valence-corrected chi connectivity index (χ4v) is 2.77. The van der Waals surface area contributed by atoms with Crippen LogP contribution in [0.15, 0.2) is 24.0 Å². The number of nitrogens with two attached hydrogens (primary N) is 1. The van der Waals surface area contributed by atoms with Gasteiger partial charge in [-0.05, 0) is 49.8 Å². The molecule has 0 spiro atoms. The van der Waals surface area contributed by atoms with E-state index >= 15 is 0 Å². The van der Waals surface area contributed by atoms with E-state index in [-0.39, 0.29) is 0 Å². The lowest BCUT2D eigenvalue weighted by Crippen LogP contribution is -1.94. The van der Waals surface area contributed by atoms with Gasteiger partial charge in [0.25, 0.3) is 0 Å². The van der Waals surface area contributed by atoms with Gasteiger partial charge in [0.2, 0.25) is 0 Å². The lowest BCUT2D eigenvalue weighted by Gasteiger charge is -1.92. The van der Waals surface area contributed by atoms with Crippen LogP contribution in [-0.4, -0.2) is 6.54 Å². The molecule has 1 heterocycles. The largest absolute Gasteiger partial charge is 0.330 e. The second-order valence-corrected chi connectivity index (χ2v) is 4.77. The summed E-state index contributed by atoms with van der Waals surface area (Å²) in [7, 11) is 0. The van der Waals surface area contributed by atoms with Gasteiger partial charge in [0.05, 0.1) is 0 Å². The molecule has 0 saturated carbocycles. The van der Waals surface area contributed by atoms with Gasteiger partial charge in [-0.25, -0.2) is 0 Å². The maximum Gasteiger partial charge on any atom is 0.0358 e. The van der Waals surface area contributed by atoms with Crippen molar-refractivity contribution < 1.29 is 0 Å². The molecule has 0 unspecified atom stereocenters. The Morgan fingerprint density at radius 2 is 2.38 bits per heavy atom. The molecule has 0 amide bonds. The van der Waals surface area contributed by atoms with Crippen LogP contribution in [0, 0.1) is 6.92 Å². The van der Waals surface area contributed by atoms with E-state index in [0.717, 1.165) is 6.42 Å². The Morgan fingerprint density at radius 1 is 1.50 bits per heavy atom. The van der Waals surface area contributed by atoms with E-state index in [9.17, 15) is 0 Å². The van der Waals surface area contributed by atoms with Gasteiger partial charge in [-0.3, -0.25) is 0 Å². The fourth-order valence-electron chi connectivity index (χ4n) is 1.64. The van der Waals surface area contributed by atoms with Gasteiger partial charge in [0.1, 0.15) is 0 Å². The summed E-state index contributed by atoms with van der Waals surface area (Å²) < 4.78 is 0. The van der Waals surface area contributed by atoms with Gasteiger partial charge in [-0.15, -0.1) is 17.1 Å². The number of hydrogen-bond acceptors (Lipinski definition) is 2. The van der Waals surface area contributed by atoms with Crippen LogP contribution in [-0.2, 0) is 0 Å². The number of rotatable bonds is 3. The minimum Gasteiger partial charge on any atom is -0.330 e. The highest BCUT2D eigenvalue weighted by Crippen LogP contribution is 2.32. The molecule has 2 heteroatoms. The summed E-state index contributed by atoms with van der Waals surface area (Å²) >= 11 is 1.82. The Morgan fingerprint density at radius 3 is 3.19 bits per heavy atom. The second kappa shape index (κ2) is 5.13. The van der Waals surface area contributed by atoms with Crippen LogP contribution >= 0.6 is 11.3 Å². The molecule has 1 nitrogen and oxygen atoms in total. The van der Waals surface area contributed by atoms with Crippen LogP contribution < -0.4 is 5.73 Å². The Kier molecular flexibility index (Phi) is 3.58. The molecule has 1 aliphatic rings. The van der Waals surface area contributed by atoms with Crippen LogP contribution in [0.25, 0.3) is 18.2 Å². The van der Waals surface area contributed by atoms with Crippen LogP contribution in [0.2, 0.25) is 0 Å². The molecule has 82 valence electrons. The van der Waals surface area contributed by atoms with E-state index < -0.39 is 0 Å². The summed E-state index contributed by atoms with van der Waals surface area (Å²) in [5.41, 5.74) is 11.2. The highest BCUT2D eigenvalue weighted by molar-refractivity contribution is 7.14. The predicted molar refractivity (Wildman–Crippen MR) is 73.3 cm³/mol. The Labute approximate surface area is 100 Å². The van der Waals surface area contributed by atoms with E-state index in [0.29, 0.717) is 6.54 Å². The molecule has 0 radical (unpaired) electrons. The van der Waals surface area contributed by atoms with Crippen molar-refractivity contribution in [2.24, 2.45) is 5.73 Å². The van der Waals surface area contributed by atoms with Crippen molar-refractivity contribution in [3.8, 4) is 0 Å². The molecule has 0 fully saturated rings. The molecular formula is C14H15NS. The summed E-state index contributed by atoms with van der Waals surface area (Å²) in [4.78, 5) is 2.63. The monoisotopic (exact) mass is 229 g/mol. The Bertz CT molecular complexity index is 497. The first kappa shape index (κ1) is 11.2. The van der Waals surface area contributed by atoms with Gasteiger partial charge in [-0.2, -0.15) is 0 Å². The topological polar surface area (TPSA) is 26.0 Å². The highest BCUT2D eigenvalue weighted by atomic mass is 32.1. The first-order valence-electron chi connectivity index (χ1n) is 5.42. The predicted octanol–water partition coefficient (Wildman–Crippen LogP) is 3.61. The summed E-state index contributed by atoms with van der Waals surface area (Å²) in [5.74, 6) is 0. The summed E-state index contributed by atoms with van der Waals surface area (Å²) in [6.45, 7) is 2.87. The maximum absolute atomic E-state index is 5.47. The van der Waals surface area contributed by atoms with E-state index in [1.807, 2.05) is 23.5 Å². The quantitative estimate of drug-likeness (QED) is 0.787. The van der Waals surface area contributed by atoms with Crippen LogP contribution in [0.4, 0.5) is 0 Å². The van der Waals surface area contributed by atoms with Crippen LogP contribution in [0.1, 0.15) is 27.3 Å². The first-order chi connectivity index (χ1) is 7.83. The molecule has 1 aliphatic carbocycles. The molecule has 1 aromatic heterocycles. The van der Waals surface area contributed by atoms with E-state index in [4.69, 9.17) is 5.73 Å². The SMILES string of the molecule is Cc1c(C=CCCN)sc2c1C=C=CC=C2. The van der Waals surface area contributed by atoms with Gasteiger partial charge in [0, 0.05) is 15.3 Å². The normalized spacial score (nSPS) is 13.4. The molecule has 16 heavy (non-hydrogen) atoms. The van der Waals surface area contributed by atoms with Gasteiger partial charge < -0.3 is 5.73 Å². The third kappa shape index (κ3) is 2.25. The van der Waals surface area contributed by atoms with Gasteiger partial charge in [-0.1, -0.05) is 12.2 Å². The van der Waals surface area contributed by atoms with E-state index in [1.165, 1.54) is 20.9 Å². The molecule has 0 bridgehead atoms. The van der Waals surface area contributed by atoms with E-state index in [1.54, 1.807) is 0 Å². The summed E-state index contributed by atoms with van der Waals surface area (Å²) in [6.07, 6.45) is 13.4. The molecule has 0 saturated heterocycles. The zero-order valence-electron chi connectivity index (χ0n) is 9.36. The number of allylic oxidation sites excluding steroid dienone is 2. The summed E-state index contributed by atoms with van der Waals surface area (Å²) in [6, 6.07) is 0. The molecule has 2 N–H and O–H groups in total. The van der Waals surface area contributed by atoms with Crippen molar-refractivity contribution in [1.29, 1.82) is 0 Å². The van der Waals surface area contributed by atoms with Crippen molar-refractivity contribution in [3.05, 3.63) is 44.8 Å². The molecule has 0 atom stereocenters. The standard InChI is InChI=1S/C14H15NS/c1-11-12-7-3-2-4-9-14(12)16-13(11)8-5-6-10-15/h2,4-5,7-9H,6,10,15H2,1H3. The highest BCUT2D eigenvalue weighted by Gasteiger charge is 2.09. The number of hydrogen-bond donors (Lipinski definition) is 1. The molecular weight excluding hydrogens is 214 g/mol. The molecule has 0 aromatic carbocycles. The average Bonchev–Trinajstić information content (AvgIpc) is 2.49. The van der Waals surface area contributed by atoms with Crippen molar-refractivity contribution >= 4 is 29.6 Å². The smallest absolute Gasteiger partial charge is 0.0358 e. The van der Waals surface area contributed by atoms with Crippen molar-refractivity contribution in [2.45, 2.75) is 13.3 Å². The lowest BCUT2D eigenvalue weighted by molar-refractivity contribution is 1.01. The third-order valence-corrected chi connectivity index (χ3v) is 3.77. The second-order valence-electron chi connectivity index (χ2n) is 3.69. The van der Waals surface area contributed by atoms with Crippen LogP contribution in [0.3, 0.4) is 0 Å². The van der Waals surface area contributed by atoms with E-state index in [2.05, 4.69) is 37.0 Å². The Hall–Kier alpha value is -1.34. The minimum absolute atomic E-state index is 0.711. The fraction of sp³-hybridized carbons (Fsp3) is 0.214. The van der Waals surface area contributed by atoms with Crippen molar-refractivity contribution in [2.75, 3.05) is 6.54 Å². The maximum atomic E-state index is 5.47. The number of thiophene rings is 1. The average molecular weight is 229 g/mol. The van der Waals surface area contributed by atoms with Gasteiger partial charge >= 0.3 is 0 Å². The summed E-state index contributed by atoms with van der Waals surface area (Å²) in [5, 5.41) is 0. The zero-order chi connectivity index (χ0) is 11.4. The molecule has 2 rings (SSSR count). The molecule has 0 aliphatic heterocycles. The minimum atomic E-state index is 0.711. The zero-order valence-corrected chi connectivity index (χ0v) is 10.2. The number of fused-ring (bicyclic) bond motifs is 1. The Balaban J connectivity index is 2.36. The lowest BCUT2D eigenvalue weighted by atomic mass is 10.1. The third-order valence-electron chi connectivity index (χ3n) is 2.53. The van der Waals surface area contributed by atoms with Crippen LogP contribution in [0.5, 0.6) is 0 Å². The van der Waals surface area contributed by atoms with Gasteiger partial charge in [0.15, 0.2) is 0 Å². The first-order valence-corrected chi connectivity index (χ1v) is 6.23. The van der Waals surface area contributed by atoms with Crippen molar-refractivity contribution in [3.63, 3.8) is 0 Å². The molecule has 1 aromatic rings. The van der Waals surface area contributed by atoms with Crippen molar-refractivity contribution in [1.82, 2.24) is 0 Å².